The lowest BCUT2D eigenvalue weighted by Gasteiger charge is -2.40. The fraction of sp³-hybridized carbons (Fsp3) is 0.909. The number of hydrogen-bond donors (Lipinski definition) is 2. The van der Waals surface area contributed by atoms with Gasteiger partial charge in [0, 0.05) is 31.7 Å². The highest BCUT2D eigenvalue weighted by Gasteiger charge is 2.32. The number of nitrogens with zero attached hydrogens (tertiary/aromatic N) is 2. The van der Waals surface area contributed by atoms with Crippen molar-refractivity contribution in [3.8, 4) is 0 Å². The summed E-state index contributed by atoms with van der Waals surface area (Å²) in [5.74, 6) is 0. The molecule has 2 atom stereocenters. The lowest BCUT2D eigenvalue weighted by Crippen LogP contribution is -2.61. The van der Waals surface area contributed by atoms with Crippen LogP contribution in [-0.2, 0) is 0 Å². The molecule has 0 aliphatic carbocycles. The van der Waals surface area contributed by atoms with Gasteiger partial charge in [0.2, 0.25) is 0 Å². The molecule has 0 saturated carbocycles. The Balaban J connectivity index is 1.90. The van der Waals surface area contributed by atoms with Crippen LogP contribution in [0.3, 0.4) is 0 Å². The number of piperazine rings is 1. The number of carbonyl (C=O) groups is 1. The van der Waals surface area contributed by atoms with Crippen LogP contribution < -0.4 is 5.32 Å². The summed E-state index contributed by atoms with van der Waals surface area (Å²) in [6.07, 6.45) is 1.77. The topological polar surface area (TPSA) is 55.8 Å². The molecule has 2 rings (SSSR count). The second kappa shape index (κ2) is 5.01. The van der Waals surface area contributed by atoms with Crippen LogP contribution in [0.25, 0.3) is 0 Å². The highest BCUT2D eigenvalue weighted by Crippen LogP contribution is 2.14. The summed E-state index contributed by atoms with van der Waals surface area (Å²) in [5, 5.41) is 12.5. The molecule has 2 saturated heterocycles. The summed E-state index contributed by atoms with van der Waals surface area (Å²) < 4.78 is 0. The predicted molar refractivity (Wildman–Crippen MR) is 61.7 cm³/mol. The van der Waals surface area contributed by atoms with Crippen molar-refractivity contribution in [3.05, 3.63) is 0 Å². The summed E-state index contributed by atoms with van der Waals surface area (Å²) in [6, 6.07) is 0.356. The van der Waals surface area contributed by atoms with Crippen LogP contribution in [0, 0.1) is 0 Å². The Labute approximate surface area is 96.4 Å². The zero-order chi connectivity index (χ0) is 11.5. The van der Waals surface area contributed by atoms with Gasteiger partial charge in [0.05, 0.1) is 0 Å². The summed E-state index contributed by atoms with van der Waals surface area (Å²) in [5.41, 5.74) is 0. The highest BCUT2D eigenvalue weighted by atomic mass is 16.4. The van der Waals surface area contributed by atoms with Gasteiger partial charge in [-0.3, -0.25) is 0 Å². The molecule has 5 heteroatoms. The number of hydrogen-bond acceptors (Lipinski definition) is 3. The van der Waals surface area contributed by atoms with Gasteiger partial charge in [-0.1, -0.05) is 0 Å². The summed E-state index contributed by atoms with van der Waals surface area (Å²) in [6.45, 7) is 6.68. The predicted octanol–water partition coefficient (Wildman–Crippen LogP) is 0.423. The number of carboxylic acid groups (broad SMARTS) is 1. The first-order valence-electron chi connectivity index (χ1n) is 6.14. The van der Waals surface area contributed by atoms with Crippen LogP contribution >= 0.6 is 0 Å². The molecule has 1 amide bonds. The summed E-state index contributed by atoms with van der Waals surface area (Å²) in [4.78, 5) is 15.0. The minimum atomic E-state index is -0.791. The smallest absolute Gasteiger partial charge is 0.407 e. The van der Waals surface area contributed by atoms with E-state index in [0.29, 0.717) is 6.54 Å². The Morgan fingerprint density at radius 2 is 2.06 bits per heavy atom. The summed E-state index contributed by atoms with van der Waals surface area (Å²) in [7, 11) is 0. The number of amides is 1. The molecule has 0 unspecified atom stereocenters. The molecular weight excluding hydrogens is 206 g/mol. The van der Waals surface area contributed by atoms with Crippen LogP contribution in [0.4, 0.5) is 4.79 Å². The molecule has 0 radical (unpaired) electrons. The first kappa shape index (κ1) is 11.7. The van der Waals surface area contributed by atoms with Gasteiger partial charge in [-0.2, -0.15) is 0 Å². The maximum absolute atomic E-state index is 11.0. The van der Waals surface area contributed by atoms with Gasteiger partial charge >= 0.3 is 6.09 Å². The van der Waals surface area contributed by atoms with E-state index in [-0.39, 0.29) is 12.1 Å². The molecule has 0 spiro atoms. The molecule has 2 N–H and O–H groups in total. The normalized spacial score (nSPS) is 31.9. The minimum Gasteiger partial charge on any atom is -0.465 e. The van der Waals surface area contributed by atoms with Crippen molar-refractivity contribution in [2.24, 2.45) is 0 Å². The van der Waals surface area contributed by atoms with Crippen molar-refractivity contribution in [2.45, 2.75) is 31.8 Å². The van der Waals surface area contributed by atoms with Crippen LogP contribution in [0.5, 0.6) is 0 Å². The van der Waals surface area contributed by atoms with Crippen LogP contribution in [-0.4, -0.2) is 65.8 Å². The average Bonchev–Trinajstić information content (AvgIpc) is 2.73. The molecule has 2 fully saturated rings. The van der Waals surface area contributed by atoms with E-state index in [0.717, 1.165) is 26.2 Å². The molecule has 0 aromatic rings. The van der Waals surface area contributed by atoms with E-state index in [1.165, 1.54) is 12.8 Å². The standard InChI is InChI=1S/C11H21N3O2/c1-9-10(8-13-5-2-3-6-13)12-4-7-14(9)11(15)16/h9-10,12H,2-8H2,1H3,(H,15,16)/t9-,10+/m1/s1. The molecule has 0 bridgehead atoms. The van der Waals surface area contributed by atoms with Gasteiger partial charge < -0.3 is 20.2 Å². The third-order valence-corrected chi connectivity index (χ3v) is 3.73. The maximum Gasteiger partial charge on any atom is 0.407 e. The molecule has 2 aliphatic heterocycles. The third-order valence-electron chi connectivity index (χ3n) is 3.73. The largest absolute Gasteiger partial charge is 0.465 e. The second-order valence-corrected chi connectivity index (χ2v) is 4.78. The molecule has 2 heterocycles. The molecule has 92 valence electrons. The Hall–Kier alpha value is -0.810. The molecule has 0 aromatic heterocycles. The van der Waals surface area contributed by atoms with Crippen molar-refractivity contribution >= 4 is 6.09 Å². The minimum absolute atomic E-state index is 0.0758. The first-order chi connectivity index (χ1) is 7.68. The molecule has 5 nitrogen and oxygen atoms in total. The zero-order valence-electron chi connectivity index (χ0n) is 9.85. The Morgan fingerprint density at radius 1 is 1.38 bits per heavy atom. The second-order valence-electron chi connectivity index (χ2n) is 4.78. The maximum atomic E-state index is 11.0. The Morgan fingerprint density at radius 3 is 2.69 bits per heavy atom. The van der Waals surface area contributed by atoms with Crippen LogP contribution in [0.2, 0.25) is 0 Å². The first-order valence-corrected chi connectivity index (χ1v) is 6.14. The van der Waals surface area contributed by atoms with E-state index in [2.05, 4.69) is 10.2 Å². The van der Waals surface area contributed by atoms with Crippen molar-refractivity contribution < 1.29 is 9.90 Å². The van der Waals surface area contributed by atoms with E-state index in [4.69, 9.17) is 5.11 Å². The van der Waals surface area contributed by atoms with E-state index >= 15 is 0 Å². The lowest BCUT2D eigenvalue weighted by molar-refractivity contribution is 0.0905. The molecular formula is C11H21N3O2. The molecule has 0 aromatic carbocycles. The quantitative estimate of drug-likeness (QED) is 0.718. The van der Waals surface area contributed by atoms with Gasteiger partial charge in [0.25, 0.3) is 0 Å². The van der Waals surface area contributed by atoms with Crippen molar-refractivity contribution in [1.29, 1.82) is 0 Å². The van der Waals surface area contributed by atoms with E-state index in [9.17, 15) is 4.79 Å². The number of rotatable bonds is 2. The van der Waals surface area contributed by atoms with E-state index in [1.807, 2.05) is 6.92 Å². The average molecular weight is 227 g/mol. The van der Waals surface area contributed by atoms with E-state index in [1.54, 1.807) is 4.90 Å². The van der Waals surface area contributed by atoms with Crippen molar-refractivity contribution in [3.63, 3.8) is 0 Å². The fourth-order valence-corrected chi connectivity index (χ4v) is 2.69. The van der Waals surface area contributed by atoms with Crippen molar-refractivity contribution in [2.75, 3.05) is 32.7 Å². The molecule has 16 heavy (non-hydrogen) atoms. The van der Waals surface area contributed by atoms with Gasteiger partial charge in [0.1, 0.15) is 0 Å². The molecule has 2 aliphatic rings. The van der Waals surface area contributed by atoms with E-state index < -0.39 is 6.09 Å². The van der Waals surface area contributed by atoms with Crippen LogP contribution in [0.15, 0.2) is 0 Å². The summed E-state index contributed by atoms with van der Waals surface area (Å²) >= 11 is 0. The van der Waals surface area contributed by atoms with Gasteiger partial charge in [-0.05, 0) is 32.9 Å². The third kappa shape index (κ3) is 2.47. The SMILES string of the molecule is C[C@@H]1[C@H](CN2CCCC2)NCCN1C(=O)O. The Bertz CT molecular complexity index is 254. The van der Waals surface area contributed by atoms with Gasteiger partial charge in [0.15, 0.2) is 0 Å². The zero-order valence-corrected chi connectivity index (χ0v) is 9.85. The van der Waals surface area contributed by atoms with Gasteiger partial charge in [-0.25, -0.2) is 4.79 Å². The number of nitrogens with one attached hydrogen (secondary N) is 1. The Kier molecular flexibility index (Phi) is 3.66. The van der Waals surface area contributed by atoms with Crippen molar-refractivity contribution in [1.82, 2.24) is 15.1 Å². The van der Waals surface area contributed by atoms with Crippen LogP contribution in [0.1, 0.15) is 19.8 Å². The fourth-order valence-electron chi connectivity index (χ4n) is 2.69. The highest BCUT2D eigenvalue weighted by molar-refractivity contribution is 5.65. The monoisotopic (exact) mass is 227 g/mol. The van der Waals surface area contributed by atoms with Gasteiger partial charge in [-0.15, -0.1) is 0 Å². The lowest BCUT2D eigenvalue weighted by atomic mass is 10.1. The number of likely N-dealkylation sites (tertiary alicyclic amines) is 1.